The fourth-order valence-corrected chi connectivity index (χ4v) is 4.00. The third kappa shape index (κ3) is 5.29. The minimum atomic E-state index is 0. The summed E-state index contributed by atoms with van der Waals surface area (Å²) in [4.78, 5) is 11.1. The van der Waals surface area contributed by atoms with Crippen molar-refractivity contribution >= 4 is 23.7 Å². The first-order chi connectivity index (χ1) is 13.3. The van der Waals surface area contributed by atoms with Gasteiger partial charge in [0.2, 0.25) is 0 Å². The van der Waals surface area contributed by atoms with E-state index in [-0.39, 0.29) is 12.4 Å². The van der Waals surface area contributed by atoms with Crippen molar-refractivity contribution in [1.82, 2.24) is 20.2 Å². The highest BCUT2D eigenvalue weighted by molar-refractivity contribution is 7.09. The number of rotatable bonds is 6. The van der Waals surface area contributed by atoms with Crippen molar-refractivity contribution in [3.05, 3.63) is 76.0 Å². The maximum absolute atomic E-state index is 5.85. The zero-order chi connectivity index (χ0) is 18.5. The molecule has 1 saturated heterocycles. The van der Waals surface area contributed by atoms with E-state index in [1.165, 1.54) is 11.1 Å². The largest absolute Gasteiger partial charge is 0.487 e. The topological polar surface area (TPSA) is 50.3 Å². The molecule has 1 fully saturated rings. The van der Waals surface area contributed by atoms with Crippen LogP contribution in [0.2, 0.25) is 0 Å². The van der Waals surface area contributed by atoms with E-state index in [0.29, 0.717) is 12.6 Å². The summed E-state index contributed by atoms with van der Waals surface area (Å²) in [6.45, 7) is 6.49. The molecule has 3 aromatic rings. The molecule has 28 heavy (non-hydrogen) atoms. The third-order valence-corrected chi connectivity index (χ3v) is 5.63. The van der Waals surface area contributed by atoms with Crippen LogP contribution in [0, 0.1) is 6.92 Å². The van der Waals surface area contributed by atoms with Gasteiger partial charge in [0.25, 0.3) is 0 Å². The van der Waals surface area contributed by atoms with Crippen molar-refractivity contribution in [2.75, 3.05) is 19.6 Å². The lowest BCUT2D eigenvalue weighted by molar-refractivity contribution is 0.153. The van der Waals surface area contributed by atoms with Crippen molar-refractivity contribution in [1.29, 1.82) is 0 Å². The molecule has 3 heterocycles. The number of thiazole rings is 1. The summed E-state index contributed by atoms with van der Waals surface area (Å²) >= 11 is 1.65. The Labute approximate surface area is 176 Å². The summed E-state index contributed by atoms with van der Waals surface area (Å²) in [5.41, 5.74) is 3.60. The van der Waals surface area contributed by atoms with Gasteiger partial charge in [-0.05, 0) is 42.3 Å². The Morgan fingerprint density at radius 2 is 1.96 bits per heavy atom. The number of pyridine rings is 1. The van der Waals surface area contributed by atoms with Gasteiger partial charge in [-0.15, -0.1) is 23.7 Å². The Hall–Kier alpha value is -1.99. The minimum Gasteiger partial charge on any atom is -0.487 e. The van der Waals surface area contributed by atoms with Crippen molar-refractivity contribution in [2.24, 2.45) is 0 Å². The summed E-state index contributed by atoms with van der Waals surface area (Å²) in [5, 5.41) is 6.63. The molecule has 1 aromatic carbocycles. The van der Waals surface area contributed by atoms with E-state index in [0.717, 1.165) is 42.6 Å². The van der Waals surface area contributed by atoms with E-state index >= 15 is 0 Å². The SMILES string of the molecule is Cc1nc(COc2ccc(CN3CCNCC3c3ccncc3)cc2)cs1.Cl. The number of nitrogens with zero attached hydrogens (tertiary/aromatic N) is 3. The van der Waals surface area contributed by atoms with Crippen LogP contribution >= 0.6 is 23.7 Å². The summed E-state index contributed by atoms with van der Waals surface area (Å²) in [5.74, 6) is 0.885. The molecular formula is C21H25ClN4OS. The molecule has 0 bridgehead atoms. The fourth-order valence-electron chi connectivity index (χ4n) is 3.41. The summed E-state index contributed by atoms with van der Waals surface area (Å²) in [6, 6.07) is 13.0. The Morgan fingerprint density at radius 1 is 1.18 bits per heavy atom. The quantitative estimate of drug-likeness (QED) is 0.658. The average Bonchev–Trinajstić information content (AvgIpc) is 3.14. The van der Waals surface area contributed by atoms with E-state index in [2.05, 4.69) is 56.6 Å². The van der Waals surface area contributed by atoms with E-state index in [4.69, 9.17) is 4.74 Å². The number of hydrogen-bond acceptors (Lipinski definition) is 6. The molecule has 1 unspecified atom stereocenters. The Balaban J connectivity index is 0.00000225. The maximum Gasteiger partial charge on any atom is 0.131 e. The number of piperazine rings is 1. The molecule has 0 spiro atoms. The molecule has 0 radical (unpaired) electrons. The molecule has 0 amide bonds. The first-order valence-corrected chi connectivity index (χ1v) is 10.1. The van der Waals surface area contributed by atoms with Gasteiger partial charge in [0.1, 0.15) is 12.4 Å². The number of ether oxygens (including phenoxy) is 1. The molecule has 4 rings (SSSR count). The van der Waals surface area contributed by atoms with Gasteiger partial charge in [-0.1, -0.05) is 12.1 Å². The van der Waals surface area contributed by atoms with Crippen molar-refractivity contribution < 1.29 is 4.74 Å². The molecule has 0 saturated carbocycles. The second-order valence-electron chi connectivity index (χ2n) is 6.76. The highest BCUT2D eigenvalue weighted by Gasteiger charge is 2.23. The van der Waals surface area contributed by atoms with Crippen molar-refractivity contribution in [3.8, 4) is 5.75 Å². The molecule has 1 atom stereocenters. The zero-order valence-corrected chi connectivity index (χ0v) is 17.5. The molecule has 1 aliphatic rings. The summed E-state index contributed by atoms with van der Waals surface area (Å²) < 4.78 is 5.85. The number of halogens is 1. The molecular weight excluding hydrogens is 392 g/mol. The predicted octanol–water partition coefficient (Wildman–Crippen LogP) is 3.99. The summed E-state index contributed by atoms with van der Waals surface area (Å²) in [7, 11) is 0. The molecule has 1 aliphatic heterocycles. The van der Waals surface area contributed by atoms with Gasteiger partial charge >= 0.3 is 0 Å². The van der Waals surface area contributed by atoms with E-state index < -0.39 is 0 Å². The predicted molar refractivity (Wildman–Crippen MR) is 115 cm³/mol. The number of aryl methyl sites for hydroxylation is 1. The maximum atomic E-state index is 5.85. The van der Waals surface area contributed by atoms with Crippen LogP contribution in [0.25, 0.3) is 0 Å². The first kappa shape index (κ1) is 20.7. The average molecular weight is 417 g/mol. The van der Waals surface area contributed by atoms with Crippen molar-refractivity contribution in [2.45, 2.75) is 26.1 Å². The first-order valence-electron chi connectivity index (χ1n) is 9.25. The number of aromatic nitrogens is 2. The molecule has 5 nitrogen and oxygen atoms in total. The Bertz CT molecular complexity index is 856. The fraction of sp³-hybridized carbons (Fsp3) is 0.333. The highest BCUT2D eigenvalue weighted by atomic mass is 35.5. The van der Waals surface area contributed by atoms with Crippen LogP contribution in [-0.4, -0.2) is 34.5 Å². The van der Waals surface area contributed by atoms with Gasteiger partial charge in [0.05, 0.1) is 10.7 Å². The number of nitrogens with one attached hydrogen (secondary N) is 1. The lowest BCUT2D eigenvalue weighted by Gasteiger charge is -2.36. The van der Waals surface area contributed by atoms with Crippen LogP contribution in [0.5, 0.6) is 5.75 Å². The number of hydrogen-bond donors (Lipinski definition) is 1. The molecule has 2 aromatic heterocycles. The molecule has 1 N–H and O–H groups in total. The second kappa shape index (κ2) is 9.98. The lowest BCUT2D eigenvalue weighted by Crippen LogP contribution is -2.45. The highest BCUT2D eigenvalue weighted by Crippen LogP contribution is 2.24. The van der Waals surface area contributed by atoms with Crippen LogP contribution < -0.4 is 10.1 Å². The number of benzene rings is 1. The standard InChI is InChI=1S/C21H24N4OS.ClH/c1-16-24-19(15-27-16)14-26-20-4-2-17(3-5-20)13-25-11-10-23-12-21(25)18-6-8-22-9-7-18;/h2-9,15,21,23H,10-14H2,1H3;1H. The van der Waals surface area contributed by atoms with Crippen LogP contribution in [0.4, 0.5) is 0 Å². The zero-order valence-electron chi connectivity index (χ0n) is 15.9. The second-order valence-corrected chi connectivity index (χ2v) is 7.82. The normalized spacial score (nSPS) is 17.1. The van der Waals surface area contributed by atoms with Crippen LogP contribution in [0.3, 0.4) is 0 Å². The van der Waals surface area contributed by atoms with Gasteiger partial charge in [0.15, 0.2) is 0 Å². The minimum absolute atomic E-state index is 0. The van der Waals surface area contributed by atoms with Crippen molar-refractivity contribution in [3.63, 3.8) is 0 Å². The Kier molecular flexibility index (Phi) is 7.39. The Morgan fingerprint density at radius 3 is 2.68 bits per heavy atom. The monoisotopic (exact) mass is 416 g/mol. The van der Waals surface area contributed by atoms with Gasteiger partial charge in [-0.3, -0.25) is 9.88 Å². The third-order valence-electron chi connectivity index (χ3n) is 4.81. The molecule has 148 valence electrons. The smallest absolute Gasteiger partial charge is 0.131 e. The van der Waals surface area contributed by atoms with Gasteiger partial charge in [-0.25, -0.2) is 4.98 Å². The summed E-state index contributed by atoms with van der Waals surface area (Å²) in [6.07, 6.45) is 3.75. The van der Waals surface area contributed by atoms with Crippen LogP contribution in [0.15, 0.2) is 54.2 Å². The van der Waals surface area contributed by atoms with Gasteiger partial charge in [-0.2, -0.15) is 0 Å². The van der Waals surface area contributed by atoms with E-state index in [1.54, 1.807) is 11.3 Å². The molecule has 0 aliphatic carbocycles. The van der Waals surface area contributed by atoms with Gasteiger partial charge in [0, 0.05) is 50.0 Å². The lowest BCUT2D eigenvalue weighted by atomic mass is 10.0. The van der Waals surface area contributed by atoms with Gasteiger partial charge < -0.3 is 10.1 Å². The van der Waals surface area contributed by atoms with Crippen LogP contribution in [-0.2, 0) is 13.2 Å². The van der Waals surface area contributed by atoms with Crippen LogP contribution in [0.1, 0.15) is 27.9 Å². The van der Waals surface area contributed by atoms with E-state index in [1.807, 2.05) is 24.7 Å². The van der Waals surface area contributed by atoms with E-state index in [9.17, 15) is 0 Å². The molecule has 7 heteroatoms.